The van der Waals surface area contributed by atoms with Crippen LogP contribution in [-0.2, 0) is 15.9 Å². The molecule has 0 radical (unpaired) electrons. The first-order valence-electron chi connectivity index (χ1n) is 7.38. The molecule has 0 saturated carbocycles. The molecule has 0 bridgehead atoms. The maximum absolute atomic E-state index is 5.65. The highest BCUT2D eigenvalue weighted by Gasteiger charge is 2.11. The molecule has 1 fully saturated rings. The summed E-state index contributed by atoms with van der Waals surface area (Å²) in [5, 5.41) is 3.53. The van der Waals surface area contributed by atoms with Gasteiger partial charge in [-0.15, -0.1) is 0 Å². The standard InChI is InChI=1S/C16H25NO2/c1-2-5-15(6-3-1)7-4-11-18-14-10-17-16-8-12-19-13-9-16/h1-3,5-6,16-17H,4,7-14H2. The third kappa shape index (κ3) is 6.19. The Balaban J connectivity index is 1.42. The van der Waals surface area contributed by atoms with E-state index in [0.717, 1.165) is 58.7 Å². The Labute approximate surface area is 116 Å². The number of ether oxygens (including phenoxy) is 2. The number of hydrogen-bond acceptors (Lipinski definition) is 3. The lowest BCUT2D eigenvalue weighted by Crippen LogP contribution is -2.36. The summed E-state index contributed by atoms with van der Waals surface area (Å²) >= 11 is 0. The minimum absolute atomic E-state index is 0.627. The zero-order valence-corrected chi connectivity index (χ0v) is 11.6. The normalized spacial score (nSPS) is 16.6. The van der Waals surface area contributed by atoms with Crippen LogP contribution in [0.3, 0.4) is 0 Å². The topological polar surface area (TPSA) is 30.5 Å². The van der Waals surface area contributed by atoms with E-state index in [-0.39, 0.29) is 0 Å². The molecule has 1 N–H and O–H groups in total. The van der Waals surface area contributed by atoms with Crippen molar-refractivity contribution in [1.82, 2.24) is 5.32 Å². The molecule has 0 atom stereocenters. The smallest absolute Gasteiger partial charge is 0.0591 e. The Bertz CT molecular complexity index is 323. The maximum atomic E-state index is 5.65. The second kappa shape index (κ2) is 9.08. The Morgan fingerprint density at radius 2 is 1.89 bits per heavy atom. The average Bonchev–Trinajstić information content (AvgIpc) is 2.48. The zero-order chi connectivity index (χ0) is 13.2. The zero-order valence-electron chi connectivity index (χ0n) is 11.6. The van der Waals surface area contributed by atoms with E-state index >= 15 is 0 Å². The van der Waals surface area contributed by atoms with Crippen molar-refractivity contribution in [3.63, 3.8) is 0 Å². The quantitative estimate of drug-likeness (QED) is 0.731. The molecule has 3 heteroatoms. The number of aryl methyl sites for hydroxylation is 1. The van der Waals surface area contributed by atoms with Crippen molar-refractivity contribution in [1.29, 1.82) is 0 Å². The Hall–Kier alpha value is -0.900. The molecule has 1 aromatic rings. The Kier molecular flexibility index (Phi) is 6.93. The van der Waals surface area contributed by atoms with Crippen LogP contribution in [0.4, 0.5) is 0 Å². The lowest BCUT2D eigenvalue weighted by Gasteiger charge is -2.23. The molecule has 1 saturated heterocycles. The summed E-state index contributed by atoms with van der Waals surface area (Å²) in [6.45, 7) is 4.41. The van der Waals surface area contributed by atoms with Crippen molar-refractivity contribution in [2.45, 2.75) is 31.7 Å². The molecule has 0 spiro atoms. The molecule has 0 amide bonds. The monoisotopic (exact) mass is 263 g/mol. The molecule has 19 heavy (non-hydrogen) atoms. The van der Waals surface area contributed by atoms with Crippen LogP contribution in [0, 0.1) is 0 Å². The highest BCUT2D eigenvalue weighted by molar-refractivity contribution is 5.14. The average molecular weight is 263 g/mol. The fraction of sp³-hybridized carbons (Fsp3) is 0.625. The van der Waals surface area contributed by atoms with Gasteiger partial charge in [0.05, 0.1) is 6.61 Å². The molecule has 0 unspecified atom stereocenters. The van der Waals surface area contributed by atoms with E-state index in [1.165, 1.54) is 5.56 Å². The first-order valence-corrected chi connectivity index (χ1v) is 7.38. The van der Waals surface area contributed by atoms with E-state index in [4.69, 9.17) is 9.47 Å². The summed E-state index contributed by atoms with van der Waals surface area (Å²) < 4.78 is 11.0. The van der Waals surface area contributed by atoms with E-state index < -0.39 is 0 Å². The first-order chi connectivity index (χ1) is 9.45. The molecule has 0 aliphatic carbocycles. The van der Waals surface area contributed by atoms with E-state index in [1.54, 1.807) is 0 Å². The number of nitrogens with one attached hydrogen (secondary N) is 1. The molecular weight excluding hydrogens is 238 g/mol. The maximum Gasteiger partial charge on any atom is 0.0591 e. The molecule has 1 aliphatic rings. The van der Waals surface area contributed by atoms with Crippen LogP contribution in [0.25, 0.3) is 0 Å². The van der Waals surface area contributed by atoms with Gasteiger partial charge in [-0.3, -0.25) is 0 Å². The van der Waals surface area contributed by atoms with Crippen LogP contribution in [0.1, 0.15) is 24.8 Å². The second-order valence-electron chi connectivity index (χ2n) is 5.04. The number of rotatable bonds is 8. The van der Waals surface area contributed by atoms with Gasteiger partial charge in [-0.2, -0.15) is 0 Å². The van der Waals surface area contributed by atoms with Gasteiger partial charge in [0, 0.05) is 32.4 Å². The Morgan fingerprint density at radius 3 is 2.68 bits per heavy atom. The predicted molar refractivity (Wildman–Crippen MR) is 77.4 cm³/mol. The summed E-state index contributed by atoms with van der Waals surface area (Å²) in [6.07, 6.45) is 4.47. The highest BCUT2D eigenvalue weighted by atomic mass is 16.5. The molecule has 106 valence electrons. The van der Waals surface area contributed by atoms with Crippen LogP contribution in [0.15, 0.2) is 30.3 Å². The van der Waals surface area contributed by atoms with Gasteiger partial charge in [0.1, 0.15) is 0 Å². The van der Waals surface area contributed by atoms with E-state index in [2.05, 4.69) is 35.6 Å². The van der Waals surface area contributed by atoms with Crippen molar-refractivity contribution >= 4 is 0 Å². The second-order valence-corrected chi connectivity index (χ2v) is 5.04. The van der Waals surface area contributed by atoms with Gasteiger partial charge in [0.2, 0.25) is 0 Å². The predicted octanol–water partition coefficient (Wildman–Crippen LogP) is 2.40. The summed E-state index contributed by atoms with van der Waals surface area (Å²) in [5.74, 6) is 0. The molecule has 1 heterocycles. The van der Waals surface area contributed by atoms with Crippen LogP contribution < -0.4 is 5.32 Å². The SMILES string of the molecule is c1ccc(CCCOCCNC2CCOCC2)cc1. The summed E-state index contributed by atoms with van der Waals surface area (Å²) in [5.41, 5.74) is 1.39. The summed E-state index contributed by atoms with van der Waals surface area (Å²) in [4.78, 5) is 0. The van der Waals surface area contributed by atoms with Crippen LogP contribution in [0.2, 0.25) is 0 Å². The van der Waals surface area contributed by atoms with Gasteiger partial charge in [-0.1, -0.05) is 30.3 Å². The van der Waals surface area contributed by atoms with Crippen molar-refractivity contribution in [2.75, 3.05) is 33.0 Å². The van der Waals surface area contributed by atoms with E-state index in [0.29, 0.717) is 6.04 Å². The fourth-order valence-electron chi connectivity index (χ4n) is 2.36. The number of benzene rings is 1. The lowest BCUT2D eigenvalue weighted by atomic mass is 10.1. The van der Waals surface area contributed by atoms with Gasteiger partial charge in [-0.25, -0.2) is 0 Å². The summed E-state index contributed by atoms with van der Waals surface area (Å²) in [6, 6.07) is 11.2. The number of hydrogen-bond donors (Lipinski definition) is 1. The van der Waals surface area contributed by atoms with Crippen molar-refractivity contribution in [3.05, 3.63) is 35.9 Å². The van der Waals surface area contributed by atoms with Crippen LogP contribution >= 0.6 is 0 Å². The van der Waals surface area contributed by atoms with Crippen molar-refractivity contribution in [3.8, 4) is 0 Å². The highest BCUT2D eigenvalue weighted by Crippen LogP contribution is 2.05. The molecule has 0 aromatic heterocycles. The van der Waals surface area contributed by atoms with Crippen LogP contribution in [0.5, 0.6) is 0 Å². The van der Waals surface area contributed by atoms with Crippen molar-refractivity contribution in [2.24, 2.45) is 0 Å². The van der Waals surface area contributed by atoms with E-state index in [9.17, 15) is 0 Å². The molecule has 3 nitrogen and oxygen atoms in total. The third-order valence-electron chi connectivity index (χ3n) is 3.50. The Morgan fingerprint density at radius 1 is 1.11 bits per heavy atom. The van der Waals surface area contributed by atoms with E-state index in [1.807, 2.05) is 0 Å². The van der Waals surface area contributed by atoms with Gasteiger partial charge < -0.3 is 14.8 Å². The summed E-state index contributed by atoms with van der Waals surface area (Å²) in [7, 11) is 0. The molecular formula is C16H25NO2. The van der Waals surface area contributed by atoms with Crippen molar-refractivity contribution < 1.29 is 9.47 Å². The van der Waals surface area contributed by atoms with Gasteiger partial charge in [-0.05, 0) is 31.2 Å². The minimum atomic E-state index is 0.627. The first kappa shape index (κ1) is 14.5. The lowest BCUT2D eigenvalue weighted by molar-refractivity contribution is 0.0728. The molecule has 1 aliphatic heterocycles. The molecule has 2 rings (SSSR count). The minimum Gasteiger partial charge on any atom is -0.381 e. The van der Waals surface area contributed by atoms with Gasteiger partial charge >= 0.3 is 0 Å². The third-order valence-corrected chi connectivity index (χ3v) is 3.50. The fourth-order valence-corrected chi connectivity index (χ4v) is 2.36. The van der Waals surface area contributed by atoms with Gasteiger partial charge in [0.15, 0.2) is 0 Å². The largest absolute Gasteiger partial charge is 0.381 e. The van der Waals surface area contributed by atoms with Gasteiger partial charge in [0.25, 0.3) is 0 Å². The molecule has 1 aromatic carbocycles. The van der Waals surface area contributed by atoms with Crippen LogP contribution in [-0.4, -0.2) is 39.0 Å².